The number of rotatable bonds is 6. The molecular formula is C21H22F3N7O. The van der Waals surface area contributed by atoms with Gasteiger partial charge in [0.1, 0.15) is 5.82 Å². The number of anilines is 1. The van der Waals surface area contributed by atoms with Gasteiger partial charge in [0.25, 0.3) is 5.56 Å². The van der Waals surface area contributed by atoms with Crippen LogP contribution in [0.1, 0.15) is 24.5 Å². The number of nitrogens with zero attached hydrogens (tertiary/aromatic N) is 6. The van der Waals surface area contributed by atoms with Gasteiger partial charge in [-0.3, -0.25) is 14.0 Å². The maximum atomic E-state index is 13.0. The highest BCUT2D eigenvalue weighted by atomic mass is 19.4. The first-order valence-corrected chi connectivity index (χ1v) is 10.0. The molecule has 1 aromatic carbocycles. The minimum absolute atomic E-state index is 0.163. The molecule has 0 unspecified atom stereocenters. The number of alkyl halides is 3. The Bertz CT molecular complexity index is 1320. The van der Waals surface area contributed by atoms with Crippen molar-refractivity contribution in [3.8, 4) is 11.4 Å². The normalized spacial score (nSPS) is 11.9. The van der Waals surface area contributed by atoms with Crippen LogP contribution in [0.2, 0.25) is 0 Å². The van der Waals surface area contributed by atoms with Crippen molar-refractivity contribution >= 4 is 17.1 Å². The fourth-order valence-corrected chi connectivity index (χ4v) is 3.48. The van der Waals surface area contributed by atoms with Gasteiger partial charge in [0.2, 0.25) is 5.95 Å². The third-order valence-corrected chi connectivity index (χ3v) is 4.94. The van der Waals surface area contributed by atoms with Crippen LogP contribution in [0.4, 0.5) is 19.1 Å². The number of fused-ring (bicyclic) bond motifs is 1. The van der Waals surface area contributed by atoms with E-state index in [9.17, 15) is 18.0 Å². The maximum absolute atomic E-state index is 13.0. The predicted octanol–water partition coefficient (Wildman–Crippen LogP) is 3.53. The number of benzene rings is 1. The lowest BCUT2D eigenvalue weighted by Gasteiger charge is -2.16. The Morgan fingerprint density at radius 2 is 1.97 bits per heavy atom. The molecule has 4 rings (SSSR count). The fraction of sp³-hybridized carbons (Fsp3) is 0.333. The molecule has 0 radical (unpaired) electrons. The quantitative estimate of drug-likeness (QED) is 0.491. The summed E-state index contributed by atoms with van der Waals surface area (Å²) >= 11 is 0. The summed E-state index contributed by atoms with van der Waals surface area (Å²) in [7, 11) is 3.62. The van der Waals surface area contributed by atoms with Gasteiger partial charge in [0, 0.05) is 26.8 Å². The number of imidazole rings is 1. The third kappa shape index (κ3) is 4.10. The Morgan fingerprint density at radius 3 is 2.66 bits per heavy atom. The first kappa shape index (κ1) is 21.6. The molecule has 0 bridgehead atoms. The van der Waals surface area contributed by atoms with Crippen molar-refractivity contribution < 1.29 is 13.2 Å². The molecule has 168 valence electrons. The summed E-state index contributed by atoms with van der Waals surface area (Å²) in [6.45, 7) is 2.67. The van der Waals surface area contributed by atoms with Crippen LogP contribution in [0.3, 0.4) is 0 Å². The molecule has 0 amide bonds. The van der Waals surface area contributed by atoms with Gasteiger partial charge in [-0.1, -0.05) is 19.1 Å². The Morgan fingerprint density at radius 1 is 1.19 bits per heavy atom. The van der Waals surface area contributed by atoms with Crippen molar-refractivity contribution in [3.05, 3.63) is 58.1 Å². The number of aromatic amines is 1. The lowest BCUT2D eigenvalue weighted by molar-refractivity contribution is -0.137. The molecule has 3 heterocycles. The average Bonchev–Trinajstić information content (AvgIpc) is 3.36. The van der Waals surface area contributed by atoms with E-state index in [1.165, 1.54) is 10.7 Å². The van der Waals surface area contributed by atoms with E-state index in [2.05, 4.69) is 20.1 Å². The minimum atomic E-state index is -4.40. The SMILES string of the molecule is CCCn1c(N(C)C)nc2nc(-c3cnn(Cc4cccc(C(F)(F)F)c4)c3)[nH]c2c1=O. The van der Waals surface area contributed by atoms with Crippen molar-refractivity contribution in [2.24, 2.45) is 0 Å². The number of nitrogens with one attached hydrogen (secondary N) is 1. The topological polar surface area (TPSA) is 84.6 Å². The smallest absolute Gasteiger partial charge is 0.348 e. The van der Waals surface area contributed by atoms with E-state index in [1.807, 2.05) is 21.0 Å². The van der Waals surface area contributed by atoms with Crippen LogP contribution in [-0.4, -0.2) is 43.4 Å². The molecule has 0 saturated carbocycles. The fourth-order valence-electron chi connectivity index (χ4n) is 3.48. The summed E-state index contributed by atoms with van der Waals surface area (Å²) in [4.78, 5) is 26.7. The van der Waals surface area contributed by atoms with Crippen molar-refractivity contribution in [2.75, 3.05) is 19.0 Å². The lowest BCUT2D eigenvalue weighted by Crippen LogP contribution is -2.28. The molecule has 0 aliphatic heterocycles. The van der Waals surface area contributed by atoms with E-state index >= 15 is 0 Å². The number of halogens is 3. The zero-order valence-corrected chi connectivity index (χ0v) is 17.8. The van der Waals surface area contributed by atoms with Crippen molar-refractivity contribution in [2.45, 2.75) is 32.6 Å². The first-order valence-electron chi connectivity index (χ1n) is 10.0. The van der Waals surface area contributed by atoms with Crippen LogP contribution in [0.5, 0.6) is 0 Å². The summed E-state index contributed by atoms with van der Waals surface area (Å²) in [5.41, 5.74) is 0.749. The van der Waals surface area contributed by atoms with Crippen LogP contribution in [-0.2, 0) is 19.3 Å². The second-order valence-corrected chi connectivity index (χ2v) is 7.67. The summed E-state index contributed by atoms with van der Waals surface area (Å²) in [5, 5.41) is 4.23. The molecule has 11 heteroatoms. The molecule has 8 nitrogen and oxygen atoms in total. The molecule has 0 spiro atoms. The van der Waals surface area contributed by atoms with Crippen LogP contribution in [0.25, 0.3) is 22.6 Å². The molecule has 1 N–H and O–H groups in total. The van der Waals surface area contributed by atoms with E-state index in [0.29, 0.717) is 40.6 Å². The number of hydrogen-bond acceptors (Lipinski definition) is 5. The van der Waals surface area contributed by atoms with Gasteiger partial charge in [0.05, 0.1) is 23.9 Å². The van der Waals surface area contributed by atoms with Gasteiger partial charge in [-0.05, 0) is 24.1 Å². The third-order valence-electron chi connectivity index (χ3n) is 4.94. The first-order chi connectivity index (χ1) is 15.2. The maximum Gasteiger partial charge on any atom is 0.416 e. The van der Waals surface area contributed by atoms with Crippen molar-refractivity contribution in [1.82, 2.24) is 29.3 Å². The monoisotopic (exact) mass is 445 g/mol. The zero-order valence-electron chi connectivity index (χ0n) is 17.8. The Labute approximate surface area is 181 Å². The Hall–Kier alpha value is -3.63. The van der Waals surface area contributed by atoms with E-state index in [4.69, 9.17) is 0 Å². The summed E-state index contributed by atoms with van der Waals surface area (Å²) in [6.07, 6.45) is -0.419. The van der Waals surface area contributed by atoms with Gasteiger partial charge in [-0.25, -0.2) is 4.98 Å². The van der Waals surface area contributed by atoms with E-state index in [-0.39, 0.29) is 12.1 Å². The number of aromatic nitrogens is 6. The molecule has 4 aromatic rings. The summed E-state index contributed by atoms with van der Waals surface area (Å²) < 4.78 is 42.0. The van der Waals surface area contributed by atoms with Gasteiger partial charge < -0.3 is 9.88 Å². The van der Waals surface area contributed by atoms with Gasteiger partial charge in [-0.2, -0.15) is 23.3 Å². The average molecular weight is 445 g/mol. The molecular weight excluding hydrogens is 423 g/mol. The van der Waals surface area contributed by atoms with E-state index in [0.717, 1.165) is 18.6 Å². The van der Waals surface area contributed by atoms with E-state index < -0.39 is 11.7 Å². The molecule has 0 fully saturated rings. The lowest BCUT2D eigenvalue weighted by atomic mass is 10.1. The summed E-state index contributed by atoms with van der Waals surface area (Å²) in [6, 6.07) is 5.12. The van der Waals surface area contributed by atoms with Crippen LogP contribution in [0, 0.1) is 0 Å². The molecule has 32 heavy (non-hydrogen) atoms. The van der Waals surface area contributed by atoms with Crippen LogP contribution >= 0.6 is 0 Å². The molecule has 0 atom stereocenters. The van der Waals surface area contributed by atoms with Crippen molar-refractivity contribution in [3.63, 3.8) is 0 Å². The molecule has 3 aromatic heterocycles. The highest BCUT2D eigenvalue weighted by Crippen LogP contribution is 2.29. The van der Waals surface area contributed by atoms with Crippen LogP contribution < -0.4 is 10.5 Å². The second-order valence-electron chi connectivity index (χ2n) is 7.67. The molecule has 0 aliphatic carbocycles. The van der Waals surface area contributed by atoms with Gasteiger partial charge in [0.15, 0.2) is 11.2 Å². The molecule has 0 saturated heterocycles. The van der Waals surface area contributed by atoms with Gasteiger partial charge in [-0.15, -0.1) is 0 Å². The zero-order chi connectivity index (χ0) is 23.0. The minimum Gasteiger partial charge on any atom is -0.348 e. The standard InChI is InChI=1S/C21H22F3N7O/c1-4-8-31-19(32)16-18(28-20(31)29(2)3)27-17(26-16)14-10-25-30(12-14)11-13-6-5-7-15(9-13)21(22,23)24/h5-7,9-10,12H,4,8,11H2,1-3H3,(H,26,27). The van der Waals surface area contributed by atoms with Crippen molar-refractivity contribution in [1.29, 1.82) is 0 Å². The predicted molar refractivity (Wildman–Crippen MR) is 115 cm³/mol. The highest BCUT2D eigenvalue weighted by Gasteiger charge is 2.30. The number of H-pyrrole nitrogens is 1. The summed E-state index contributed by atoms with van der Waals surface area (Å²) in [5.74, 6) is 0.932. The molecule has 0 aliphatic rings. The van der Waals surface area contributed by atoms with Crippen LogP contribution in [0.15, 0.2) is 41.5 Å². The van der Waals surface area contributed by atoms with Gasteiger partial charge >= 0.3 is 6.18 Å². The van der Waals surface area contributed by atoms with E-state index in [1.54, 1.807) is 27.9 Å². The number of hydrogen-bond donors (Lipinski definition) is 1. The highest BCUT2D eigenvalue weighted by molar-refractivity contribution is 5.76. The Kier molecular flexibility index (Phi) is 5.49. The Balaban J connectivity index is 1.66. The second kappa shape index (κ2) is 8.13. The largest absolute Gasteiger partial charge is 0.416 e.